The van der Waals surface area contributed by atoms with Gasteiger partial charge in [-0.15, -0.1) is 0 Å². The van der Waals surface area contributed by atoms with E-state index in [1.165, 1.54) is 0 Å². The molecule has 0 unspecified atom stereocenters. The summed E-state index contributed by atoms with van der Waals surface area (Å²) in [5.74, 6) is 1.80. The molecule has 2 aliphatic rings. The summed E-state index contributed by atoms with van der Waals surface area (Å²) in [6.45, 7) is 5.15. The number of benzene rings is 3. The highest BCUT2D eigenvalue weighted by Gasteiger charge is 2.24. The van der Waals surface area contributed by atoms with Gasteiger partial charge in [-0.2, -0.15) is 0 Å². The number of likely N-dealkylation sites (tertiary alicyclic amines) is 1. The van der Waals surface area contributed by atoms with Gasteiger partial charge in [0.05, 0.1) is 25.8 Å². The quantitative estimate of drug-likeness (QED) is 0.251. The third-order valence-electron chi connectivity index (χ3n) is 8.31. The molecule has 8 nitrogen and oxygen atoms in total. The van der Waals surface area contributed by atoms with Crippen LogP contribution >= 0.6 is 0 Å². The number of pyridine rings is 1. The zero-order valence-electron chi connectivity index (χ0n) is 24.7. The summed E-state index contributed by atoms with van der Waals surface area (Å²) >= 11 is 0. The number of methoxy groups -OCH3 is 1. The molecule has 1 aromatic heterocycles. The fourth-order valence-corrected chi connectivity index (χ4v) is 5.94. The topological polar surface area (TPSA) is 75.2 Å². The van der Waals surface area contributed by atoms with Gasteiger partial charge in [-0.3, -0.25) is 9.59 Å². The van der Waals surface area contributed by atoms with Crippen LogP contribution in [0.2, 0.25) is 0 Å². The van der Waals surface area contributed by atoms with E-state index >= 15 is 0 Å². The molecule has 4 aromatic rings. The van der Waals surface area contributed by atoms with Crippen molar-refractivity contribution in [1.82, 2.24) is 14.8 Å². The first-order chi connectivity index (χ1) is 21.1. The van der Waals surface area contributed by atoms with Crippen molar-refractivity contribution in [2.45, 2.75) is 25.8 Å². The molecule has 0 aliphatic carbocycles. The Hall–Kier alpha value is -4.43. The van der Waals surface area contributed by atoms with Gasteiger partial charge in [0.2, 0.25) is 5.91 Å². The van der Waals surface area contributed by atoms with Crippen molar-refractivity contribution in [3.63, 3.8) is 0 Å². The number of morpholine rings is 1. The highest BCUT2D eigenvalue weighted by molar-refractivity contribution is 5.95. The van der Waals surface area contributed by atoms with Crippen LogP contribution in [0.15, 0.2) is 78.9 Å². The van der Waals surface area contributed by atoms with Gasteiger partial charge in [0, 0.05) is 68.3 Å². The van der Waals surface area contributed by atoms with Gasteiger partial charge < -0.3 is 24.2 Å². The van der Waals surface area contributed by atoms with Gasteiger partial charge in [0.1, 0.15) is 11.6 Å². The molecule has 0 radical (unpaired) electrons. The molecule has 3 aromatic carbocycles. The van der Waals surface area contributed by atoms with E-state index in [1.54, 1.807) is 7.11 Å². The van der Waals surface area contributed by atoms with Crippen LogP contribution in [-0.2, 0) is 16.1 Å². The van der Waals surface area contributed by atoms with E-state index in [0.29, 0.717) is 51.3 Å². The van der Waals surface area contributed by atoms with Crippen LogP contribution < -0.4 is 9.64 Å². The van der Waals surface area contributed by atoms with Crippen molar-refractivity contribution in [2.24, 2.45) is 0 Å². The summed E-state index contributed by atoms with van der Waals surface area (Å²) < 4.78 is 11.1. The predicted molar refractivity (Wildman–Crippen MR) is 168 cm³/mol. The third-order valence-corrected chi connectivity index (χ3v) is 8.31. The second-order valence-corrected chi connectivity index (χ2v) is 11.1. The Morgan fingerprint density at radius 1 is 0.953 bits per heavy atom. The number of hydrogen-bond donors (Lipinski definition) is 0. The second-order valence-electron chi connectivity index (χ2n) is 11.1. The van der Waals surface area contributed by atoms with E-state index in [0.717, 1.165) is 65.2 Å². The number of ether oxygens (including phenoxy) is 2. The van der Waals surface area contributed by atoms with Crippen LogP contribution in [0, 0.1) is 0 Å². The van der Waals surface area contributed by atoms with E-state index < -0.39 is 0 Å². The Bertz CT molecular complexity index is 1570. The molecule has 2 aliphatic heterocycles. The van der Waals surface area contributed by atoms with E-state index in [1.807, 2.05) is 70.5 Å². The molecule has 6 rings (SSSR count). The first-order valence-corrected chi connectivity index (χ1v) is 15.1. The minimum absolute atomic E-state index is 0.0323. The lowest BCUT2D eigenvalue weighted by atomic mass is 10.0. The highest BCUT2D eigenvalue weighted by Crippen LogP contribution is 2.29. The molecular formula is C35H38N4O4. The SMILES string of the molecule is COc1ccc2cc(CN(CCCN3CCCC3=O)C(=O)c3ccc(-c4ccccc4)cc3)c(N3CCOCC3)nc2c1. The largest absolute Gasteiger partial charge is 0.497 e. The average Bonchev–Trinajstić information content (AvgIpc) is 3.48. The number of rotatable bonds is 10. The molecule has 3 heterocycles. The molecule has 0 spiro atoms. The number of anilines is 1. The minimum atomic E-state index is -0.0323. The lowest BCUT2D eigenvalue weighted by molar-refractivity contribution is -0.127. The first-order valence-electron chi connectivity index (χ1n) is 15.1. The number of carbonyl (C=O) groups excluding carboxylic acids is 2. The summed E-state index contributed by atoms with van der Waals surface area (Å²) in [7, 11) is 1.66. The molecule has 0 atom stereocenters. The molecular weight excluding hydrogens is 540 g/mol. The lowest BCUT2D eigenvalue weighted by Crippen LogP contribution is -2.39. The van der Waals surface area contributed by atoms with Crippen LogP contribution in [0.3, 0.4) is 0 Å². The van der Waals surface area contributed by atoms with E-state index in [4.69, 9.17) is 14.5 Å². The Labute approximate surface area is 252 Å². The number of amides is 2. The lowest BCUT2D eigenvalue weighted by Gasteiger charge is -2.31. The van der Waals surface area contributed by atoms with Gasteiger partial charge in [-0.1, -0.05) is 42.5 Å². The van der Waals surface area contributed by atoms with Crippen molar-refractivity contribution < 1.29 is 19.1 Å². The van der Waals surface area contributed by atoms with Gasteiger partial charge in [-0.05, 0) is 54.3 Å². The Morgan fingerprint density at radius 3 is 2.44 bits per heavy atom. The van der Waals surface area contributed by atoms with Gasteiger partial charge in [0.15, 0.2) is 0 Å². The van der Waals surface area contributed by atoms with Crippen LogP contribution in [0.1, 0.15) is 35.2 Å². The second kappa shape index (κ2) is 13.3. The first kappa shape index (κ1) is 28.7. The number of carbonyl (C=O) groups is 2. The molecule has 2 fully saturated rings. The number of nitrogens with zero attached hydrogens (tertiary/aromatic N) is 4. The predicted octanol–water partition coefficient (Wildman–Crippen LogP) is 5.40. The van der Waals surface area contributed by atoms with Crippen molar-refractivity contribution in [3.05, 3.63) is 90.0 Å². The van der Waals surface area contributed by atoms with Crippen molar-refractivity contribution in [2.75, 3.05) is 57.9 Å². The molecule has 2 saturated heterocycles. The van der Waals surface area contributed by atoms with Gasteiger partial charge in [-0.25, -0.2) is 4.98 Å². The van der Waals surface area contributed by atoms with Crippen molar-refractivity contribution in [3.8, 4) is 16.9 Å². The van der Waals surface area contributed by atoms with E-state index in [-0.39, 0.29) is 11.8 Å². The molecule has 0 bridgehead atoms. The molecule has 8 heteroatoms. The smallest absolute Gasteiger partial charge is 0.254 e. The standard InChI is InChI=1S/C35H38N4O4/c1-42-31-15-14-29-23-30(34(36-32(29)24-31)38-19-21-43-22-20-38)25-39(18-6-17-37-16-5-9-33(37)40)35(41)28-12-10-27(11-13-28)26-7-3-2-4-8-26/h2-4,7-8,10-15,23-24H,5-6,9,16-22,25H2,1H3. The van der Waals surface area contributed by atoms with Gasteiger partial charge >= 0.3 is 0 Å². The van der Waals surface area contributed by atoms with Gasteiger partial charge in [0.25, 0.3) is 5.91 Å². The number of aromatic nitrogens is 1. The normalized spacial score (nSPS) is 15.2. The summed E-state index contributed by atoms with van der Waals surface area (Å²) in [4.78, 5) is 37.5. The Kier molecular flexibility index (Phi) is 8.84. The number of hydrogen-bond acceptors (Lipinski definition) is 6. The highest BCUT2D eigenvalue weighted by atomic mass is 16.5. The fourth-order valence-electron chi connectivity index (χ4n) is 5.94. The maximum atomic E-state index is 14.1. The van der Waals surface area contributed by atoms with E-state index in [9.17, 15) is 9.59 Å². The number of fused-ring (bicyclic) bond motifs is 1. The maximum absolute atomic E-state index is 14.1. The van der Waals surface area contributed by atoms with Crippen LogP contribution in [-0.4, -0.2) is 79.6 Å². The zero-order valence-corrected chi connectivity index (χ0v) is 24.7. The summed E-state index contributed by atoms with van der Waals surface area (Å²) in [6.07, 6.45) is 2.24. The van der Waals surface area contributed by atoms with Crippen LogP contribution in [0.4, 0.5) is 5.82 Å². The summed E-state index contributed by atoms with van der Waals surface area (Å²) in [6, 6.07) is 26.1. The molecule has 0 saturated carbocycles. The average molecular weight is 579 g/mol. The minimum Gasteiger partial charge on any atom is -0.497 e. The molecule has 0 N–H and O–H groups in total. The summed E-state index contributed by atoms with van der Waals surface area (Å²) in [5, 5.41) is 0.995. The van der Waals surface area contributed by atoms with Crippen LogP contribution in [0.25, 0.3) is 22.0 Å². The third kappa shape index (κ3) is 6.65. The molecule has 2 amide bonds. The molecule has 222 valence electrons. The maximum Gasteiger partial charge on any atom is 0.254 e. The Balaban J connectivity index is 1.31. The van der Waals surface area contributed by atoms with E-state index in [2.05, 4.69) is 23.1 Å². The van der Waals surface area contributed by atoms with Crippen molar-refractivity contribution >= 4 is 28.5 Å². The zero-order chi connectivity index (χ0) is 29.6. The summed E-state index contributed by atoms with van der Waals surface area (Å²) in [5.41, 5.74) is 4.67. The van der Waals surface area contributed by atoms with Crippen LogP contribution in [0.5, 0.6) is 5.75 Å². The monoisotopic (exact) mass is 578 g/mol. The fraction of sp³-hybridized carbons (Fsp3) is 0.343. The van der Waals surface area contributed by atoms with Crippen molar-refractivity contribution in [1.29, 1.82) is 0 Å². The Morgan fingerprint density at radius 2 is 1.72 bits per heavy atom. The molecule has 43 heavy (non-hydrogen) atoms.